The van der Waals surface area contributed by atoms with E-state index in [0.717, 1.165) is 53.1 Å². The fourth-order valence-corrected chi connectivity index (χ4v) is 5.22. The van der Waals surface area contributed by atoms with Crippen LogP contribution >= 0.6 is 11.6 Å². The molecule has 5 aromatic rings. The molecule has 7 nitrogen and oxygen atoms in total. The van der Waals surface area contributed by atoms with E-state index in [1.807, 2.05) is 36.4 Å². The minimum atomic E-state index is -0.964. The lowest BCUT2D eigenvalue weighted by Gasteiger charge is -2.14. The summed E-state index contributed by atoms with van der Waals surface area (Å²) in [5.41, 5.74) is 4.90. The van der Waals surface area contributed by atoms with E-state index in [4.69, 9.17) is 26.1 Å². The molecule has 0 unspecified atom stereocenters. The largest absolute Gasteiger partial charge is 0.478 e. The summed E-state index contributed by atoms with van der Waals surface area (Å²) in [5, 5.41) is 9.85. The van der Waals surface area contributed by atoms with Gasteiger partial charge in [0.05, 0.1) is 34.9 Å². The number of ether oxygens (including phenoxy) is 2. The van der Waals surface area contributed by atoms with Crippen LogP contribution in [0.1, 0.15) is 40.2 Å². The van der Waals surface area contributed by atoms with Crippen LogP contribution < -0.4 is 4.74 Å². The Morgan fingerprint density at radius 3 is 2.68 bits per heavy atom. The maximum atomic E-state index is 14.1. The van der Waals surface area contributed by atoms with Crippen molar-refractivity contribution in [3.63, 3.8) is 0 Å². The van der Waals surface area contributed by atoms with Crippen molar-refractivity contribution in [1.82, 2.24) is 14.5 Å². The average Bonchev–Trinajstić information content (AvgIpc) is 3.61. The lowest BCUT2D eigenvalue weighted by atomic mass is 10.1. The smallest absolute Gasteiger partial charge is 0.335 e. The number of pyridine rings is 1. The van der Waals surface area contributed by atoms with E-state index in [0.29, 0.717) is 29.4 Å². The van der Waals surface area contributed by atoms with Crippen molar-refractivity contribution < 1.29 is 23.8 Å². The Balaban J connectivity index is 1.21. The zero-order valence-electron chi connectivity index (χ0n) is 22.1. The van der Waals surface area contributed by atoms with E-state index >= 15 is 0 Å². The number of carboxylic acid groups (broad SMARTS) is 1. The van der Waals surface area contributed by atoms with Gasteiger partial charge in [-0.2, -0.15) is 0 Å². The SMILES string of the molecule is O=C(O)c1ccc2nc(Cc3ccc(-c4cccc(OCc5ccc(Cl)cc5F)n4)cc3)n(C[C@@H]3CCCO3)c2c1. The quantitative estimate of drug-likeness (QED) is 0.206. The van der Waals surface area contributed by atoms with Crippen LogP contribution in [0.5, 0.6) is 5.88 Å². The molecule has 1 atom stereocenters. The van der Waals surface area contributed by atoms with Gasteiger partial charge in [0.2, 0.25) is 5.88 Å². The van der Waals surface area contributed by atoms with Crippen LogP contribution in [0.2, 0.25) is 5.02 Å². The van der Waals surface area contributed by atoms with Crippen molar-refractivity contribution in [1.29, 1.82) is 0 Å². The molecule has 0 radical (unpaired) electrons. The summed E-state index contributed by atoms with van der Waals surface area (Å²) in [6, 6.07) is 23.1. The summed E-state index contributed by atoms with van der Waals surface area (Å²) in [4.78, 5) is 21.1. The van der Waals surface area contributed by atoms with Crippen LogP contribution in [0.3, 0.4) is 0 Å². The molecule has 0 saturated carbocycles. The van der Waals surface area contributed by atoms with Crippen LogP contribution in [-0.2, 0) is 24.3 Å². The van der Waals surface area contributed by atoms with E-state index in [2.05, 4.69) is 9.55 Å². The number of halogens is 2. The second-order valence-electron chi connectivity index (χ2n) is 10.0. The van der Waals surface area contributed by atoms with Gasteiger partial charge in [-0.3, -0.25) is 0 Å². The number of benzene rings is 3. The molecule has 1 aliphatic heterocycles. The molecule has 1 fully saturated rings. The molecule has 0 amide bonds. The van der Waals surface area contributed by atoms with Gasteiger partial charge in [-0.1, -0.05) is 48.0 Å². The Hall–Kier alpha value is -4.27. The van der Waals surface area contributed by atoms with Gasteiger partial charge in [0.25, 0.3) is 0 Å². The number of imidazole rings is 1. The molecule has 1 aliphatic rings. The molecule has 1 N–H and O–H groups in total. The third-order valence-corrected chi connectivity index (χ3v) is 7.45. The molecular formula is C32H27ClFN3O4. The van der Waals surface area contributed by atoms with Crippen molar-refractivity contribution in [2.75, 3.05) is 6.61 Å². The molecule has 0 bridgehead atoms. The molecule has 6 rings (SSSR count). The fourth-order valence-electron chi connectivity index (χ4n) is 5.06. The molecule has 0 spiro atoms. The van der Waals surface area contributed by atoms with Gasteiger partial charge in [0, 0.05) is 35.2 Å². The molecule has 208 valence electrons. The number of rotatable bonds is 9. The van der Waals surface area contributed by atoms with Gasteiger partial charge in [-0.15, -0.1) is 0 Å². The Morgan fingerprint density at radius 2 is 1.93 bits per heavy atom. The van der Waals surface area contributed by atoms with E-state index in [1.54, 1.807) is 36.4 Å². The van der Waals surface area contributed by atoms with Crippen LogP contribution in [0.15, 0.2) is 78.9 Å². The minimum Gasteiger partial charge on any atom is -0.478 e. The van der Waals surface area contributed by atoms with Gasteiger partial charge in [0.15, 0.2) is 0 Å². The first kappa shape index (κ1) is 26.9. The third kappa shape index (κ3) is 6.09. The number of carboxylic acids is 1. The summed E-state index contributed by atoms with van der Waals surface area (Å²) in [6.07, 6.45) is 2.65. The van der Waals surface area contributed by atoms with Crippen LogP contribution in [0.25, 0.3) is 22.3 Å². The van der Waals surface area contributed by atoms with E-state index < -0.39 is 11.8 Å². The Morgan fingerprint density at radius 1 is 1.07 bits per heavy atom. The highest BCUT2D eigenvalue weighted by molar-refractivity contribution is 6.30. The van der Waals surface area contributed by atoms with Crippen molar-refractivity contribution in [3.8, 4) is 17.1 Å². The van der Waals surface area contributed by atoms with Gasteiger partial charge in [-0.05, 0) is 54.8 Å². The number of hydrogen-bond acceptors (Lipinski definition) is 5. The van der Waals surface area contributed by atoms with E-state index in [9.17, 15) is 14.3 Å². The lowest BCUT2D eigenvalue weighted by Crippen LogP contribution is -2.17. The number of nitrogens with zero attached hydrogens (tertiary/aromatic N) is 3. The Labute approximate surface area is 241 Å². The standard InChI is InChI=1S/C32H27ClFN3O4/c33-24-12-10-23(26(34)17-24)19-41-31-5-1-4-27(36-31)21-8-6-20(7-9-21)15-30-35-28-13-11-22(32(38)39)16-29(28)37(30)18-25-3-2-14-40-25/h1,4-13,16-17,25H,2-3,14-15,18-19H2,(H,38,39)/t25-/m0/s1. The highest BCUT2D eigenvalue weighted by Gasteiger charge is 2.21. The van der Waals surface area contributed by atoms with Crippen molar-refractivity contribution >= 4 is 28.6 Å². The topological polar surface area (TPSA) is 86.5 Å². The predicted molar refractivity (Wildman–Crippen MR) is 154 cm³/mol. The summed E-state index contributed by atoms with van der Waals surface area (Å²) < 4.78 is 27.8. The molecule has 3 aromatic carbocycles. The first-order valence-electron chi connectivity index (χ1n) is 13.4. The number of carbonyl (C=O) groups is 1. The van der Waals surface area contributed by atoms with Crippen molar-refractivity contribution in [3.05, 3.63) is 112 Å². The van der Waals surface area contributed by atoms with Crippen LogP contribution in [0, 0.1) is 5.82 Å². The van der Waals surface area contributed by atoms with Crippen LogP contribution in [0.4, 0.5) is 4.39 Å². The first-order valence-corrected chi connectivity index (χ1v) is 13.8. The maximum Gasteiger partial charge on any atom is 0.335 e. The van der Waals surface area contributed by atoms with Gasteiger partial charge < -0.3 is 19.1 Å². The zero-order valence-corrected chi connectivity index (χ0v) is 22.9. The molecule has 1 saturated heterocycles. The minimum absolute atomic E-state index is 0.0409. The Bertz CT molecular complexity index is 1710. The molecule has 41 heavy (non-hydrogen) atoms. The first-order chi connectivity index (χ1) is 19.9. The third-order valence-electron chi connectivity index (χ3n) is 7.21. The fraction of sp³-hybridized carbons (Fsp3) is 0.219. The number of aromatic nitrogens is 3. The zero-order chi connectivity index (χ0) is 28.3. The number of aromatic carboxylic acids is 1. The normalized spacial score (nSPS) is 14.9. The summed E-state index contributed by atoms with van der Waals surface area (Å²) in [6.45, 7) is 1.41. The Kier molecular flexibility index (Phi) is 7.67. The molecule has 0 aliphatic carbocycles. The number of fused-ring (bicyclic) bond motifs is 1. The lowest BCUT2D eigenvalue weighted by molar-refractivity contribution is 0.0697. The molecule has 3 heterocycles. The highest BCUT2D eigenvalue weighted by Crippen LogP contribution is 2.26. The average molecular weight is 572 g/mol. The maximum absolute atomic E-state index is 14.1. The van der Waals surface area contributed by atoms with E-state index in [-0.39, 0.29) is 18.3 Å². The second-order valence-corrected chi connectivity index (χ2v) is 10.5. The van der Waals surface area contributed by atoms with Crippen molar-refractivity contribution in [2.45, 2.75) is 38.5 Å². The second kappa shape index (κ2) is 11.7. The number of hydrogen-bond donors (Lipinski definition) is 1. The molecule has 2 aromatic heterocycles. The van der Waals surface area contributed by atoms with Gasteiger partial charge >= 0.3 is 5.97 Å². The molecular weight excluding hydrogens is 545 g/mol. The van der Waals surface area contributed by atoms with Crippen LogP contribution in [-0.4, -0.2) is 38.3 Å². The monoisotopic (exact) mass is 571 g/mol. The predicted octanol–water partition coefficient (Wildman–Crippen LogP) is 6.94. The summed E-state index contributed by atoms with van der Waals surface area (Å²) in [5.74, 6) is -0.136. The van der Waals surface area contributed by atoms with Gasteiger partial charge in [-0.25, -0.2) is 19.2 Å². The summed E-state index contributed by atoms with van der Waals surface area (Å²) >= 11 is 5.83. The summed E-state index contributed by atoms with van der Waals surface area (Å²) in [7, 11) is 0. The van der Waals surface area contributed by atoms with E-state index in [1.165, 1.54) is 6.07 Å². The highest BCUT2D eigenvalue weighted by atomic mass is 35.5. The van der Waals surface area contributed by atoms with Gasteiger partial charge in [0.1, 0.15) is 18.2 Å². The molecule has 9 heteroatoms. The van der Waals surface area contributed by atoms with Crippen molar-refractivity contribution in [2.24, 2.45) is 0 Å².